The zero-order chi connectivity index (χ0) is 13.7. The third kappa shape index (κ3) is 3.15. The van der Waals surface area contributed by atoms with Crippen molar-refractivity contribution in [3.8, 4) is 5.75 Å². The van der Waals surface area contributed by atoms with Crippen LogP contribution in [0.15, 0.2) is 6.20 Å². The number of carbonyl (C=O) groups is 1. The average molecular weight is 259 g/mol. The van der Waals surface area contributed by atoms with E-state index in [1.807, 2.05) is 0 Å². The van der Waals surface area contributed by atoms with Gasteiger partial charge in [-0.2, -0.15) is 0 Å². The maximum absolute atomic E-state index is 12.7. The topological polar surface area (TPSA) is 48.4 Å². The van der Waals surface area contributed by atoms with Crippen LogP contribution in [0.3, 0.4) is 0 Å². The summed E-state index contributed by atoms with van der Waals surface area (Å²) in [5.74, 6) is -0.402. The van der Waals surface area contributed by atoms with Crippen LogP contribution in [-0.4, -0.2) is 24.7 Å². The predicted octanol–water partition coefficient (Wildman–Crippen LogP) is 2.44. The summed E-state index contributed by atoms with van der Waals surface area (Å²) >= 11 is 0. The number of rotatable bonds is 5. The van der Waals surface area contributed by atoms with Crippen LogP contribution < -0.4 is 4.74 Å². The number of hydrogen-bond donors (Lipinski definition) is 0. The predicted molar refractivity (Wildman–Crippen MR) is 60.8 cm³/mol. The summed E-state index contributed by atoms with van der Waals surface area (Å²) in [6.07, 6.45) is -1.46. The van der Waals surface area contributed by atoms with Crippen molar-refractivity contribution >= 4 is 5.97 Å². The lowest BCUT2D eigenvalue weighted by Gasteiger charge is -2.13. The van der Waals surface area contributed by atoms with Crippen LogP contribution in [0.5, 0.6) is 5.75 Å². The fourth-order valence-electron chi connectivity index (χ4n) is 1.60. The molecule has 18 heavy (non-hydrogen) atoms. The van der Waals surface area contributed by atoms with Gasteiger partial charge in [0, 0.05) is 6.20 Å². The standard InChI is InChI=1S/C12H15F2NO3/c1-4-18-9(16)5-8-6-15-10(12(13)14)11(17-3)7(8)2/h6,12H,4-5H2,1-3H3. The molecule has 4 nitrogen and oxygen atoms in total. The normalized spacial score (nSPS) is 10.6. The van der Waals surface area contributed by atoms with Gasteiger partial charge in [0.2, 0.25) is 0 Å². The van der Waals surface area contributed by atoms with Crippen LogP contribution in [0.4, 0.5) is 8.78 Å². The van der Waals surface area contributed by atoms with E-state index in [-0.39, 0.29) is 18.8 Å². The van der Waals surface area contributed by atoms with Gasteiger partial charge in [0.15, 0.2) is 0 Å². The molecular weight excluding hydrogens is 244 g/mol. The van der Waals surface area contributed by atoms with Crippen molar-refractivity contribution in [1.82, 2.24) is 4.98 Å². The first-order valence-corrected chi connectivity index (χ1v) is 5.47. The molecular formula is C12H15F2NO3. The molecule has 0 atom stereocenters. The zero-order valence-electron chi connectivity index (χ0n) is 10.5. The smallest absolute Gasteiger partial charge is 0.310 e. The molecule has 1 aromatic heterocycles. The van der Waals surface area contributed by atoms with Gasteiger partial charge in [-0.05, 0) is 25.0 Å². The highest BCUT2D eigenvalue weighted by Gasteiger charge is 2.20. The van der Waals surface area contributed by atoms with Crippen LogP contribution >= 0.6 is 0 Å². The fourth-order valence-corrected chi connectivity index (χ4v) is 1.60. The summed E-state index contributed by atoms with van der Waals surface area (Å²) in [7, 11) is 1.30. The maximum atomic E-state index is 12.7. The molecule has 0 aliphatic rings. The van der Waals surface area contributed by atoms with Gasteiger partial charge >= 0.3 is 5.97 Å². The molecule has 0 amide bonds. The zero-order valence-corrected chi connectivity index (χ0v) is 10.5. The second-order valence-electron chi connectivity index (χ2n) is 3.61. The van der Waals surface area contributed by atoms with Crippen LogP contribution in [-0.2, 0) is 16.0 Å². The van der Waals surface area contributed by atoms with E-state index < -0.39 is 18.1 Å². The largest absolute Gasteiger partial charge is 0.494 e. The van der Waals surface area contributed by atoms with Crippen molar-refractivity contribution in [3.63, 3.8) is 0 Å². The molecule has 1 aromatic rings. The SMILES string of the molecule is CCOC(=O)Cc1cnc(C(F)F)c(OC)c1C. The van der Waals surface area contributed by atoms with E-state index in [9.17, 15) is 13.6 Å². The number of methoxy groups -OCH3 is 1. The molecule has 0 saturated carbocycles. The lowest BCUT2D eigenvalue weighted by atomic mass is 10.1. The Hall–Kier alpha value is -1.72. The molecule has 100 valence electrons. The summed E-state index contributed by atoms with van der Waals surface area (Å²) in [6.45, 7) is 3.59. The van der Waals surface area contributed by atoms with E-state index in [4.69, 9.17) is 9.47 Å². The number of halogens is 2. The van der Waals surface area contributed by atoms with Gasteiger partial charge in [-0.25, -0.2) is 8.78 Å². The minimum atomic E-state index is -2.71. The van der Waals surface area contributed by atoms with Gasteiger partial charge in [-0.15, -0.1) is 0 Å². The monoisotopic (exact) mass is 259 g/mol. The minimum absolute atomic E-state index is 0.00739. The van der Waals surface area contributed by atoms with Crippen molar-refractivity contribution < 1.29 is 23.0 Å². The number of nitrogens with zero attached hydrogens (tertiary/aromatic N) is 1. The first kappa shape index (κ1) is 14.3. The summed E-state index contributed by atoms with van der Waals surface area (Å²) in [4.78, 5) is 15.0. The summed E-state index contributed by atoms with van der Waals surface area (Å²) in [5.41, 5.74) is 0.591. The molecule has 0 unspecified atom stereocenters. The Morgan fingerprint density at radius 3 is 2.67 bits per heavy atom. The van der Waals surface area contributed by atoms with Crippen molar-refractivity contribution in [2.24, 2.45) is 0 Å². The maximum Gasteiger partial charge on any atom is 0.310 e. The van der Waals surface area contributed by atoms with Gasteiger partial charge in [-0.3, -0.25) is 9.78 Å². The lowest BCUT2D eigenvalue weighted by molar-refractivity contribution is -0.142. The Labute approximate surface area is 104 Å². The molecule has 1 heterocycles. The lowest BCUT2D eigenvalue weighted by Crippen LogP contribution is -2.10. The van der Waals surface area contributed by atoms with E-state index in [1.54, 1.807) is 13.8 Å². The third-order valence-corrected chi connectivity index (χ3v) is 2.47. The molecule has 0 bridgehead atoms. The number of esters is 1. The van der Waals surface area contributed by atoms with Crippen molar-refractivity contribution in [2.75, 3.05) is 13.7 Å². The number of alkyl halides is 2. The van der Waals surface area contributed by atoms with Crippen molar-refractivity contribution in [2.45, 2.75) is 26.7 Å². The Balaban J connectivity index is 3.05. The van der Waals surface area contributed by atoms with E-state index in [2.05, 4.69) is 4.98 Å². The fraction of sp³-hybridized carbons (Fsp3) is 0.500. The number of pyridine rings is 1. The average Bonchev–Trinajstić information content (AvgIpc) is 2.31. The summed E-state index contributed by atoms with van der Waals surface area (Å²) < 4.78 is 35.1. The number of ether oxygens (including phenoxy) is 2. The van der Waals surface area contributed by atoms with Gasteiger partial charge in [0.1, 0.15) is 11.4 Å². The van der Waals surface area contributed by atoms with Gasteiger partial charge in [0.25, 0.3) is 6.43 Å². The Kier molecular flexibility index (Phi) is 5.00. The Morgan fingerprint density at radius 1 is 1.50 bits per heavy atom. The molecule has 0 saturated heterocycles. The Morgan fingerprint density at radius 2 is 2.17 bits per heavy atom. The van der Waals surface area contributed by atoms with Gasteiger partial charge in [-0.1, -0.05) is 0 Å². The molecule has 0 fully saturated rings. The minimum Gasteiger partial charge on any atom is -0.494 e. The molecule has 6 heteroatoms. The van der Waals surface area contributed by atoms with E-state index >= 15 is 0 Å². The molecule has 0 aliphatic heterocycles. The van der Waals surface area contributed by atoms with Crippen LogP contribution in [0, 0.1) is 6.92 Å². The highest BCUT2D eigenvalue weighted by molar-refractivity contribution is 5.73. The van der Waals surface area contributed by atoms with Gasteiger partial charge in [0.05, 0.1) is 20.1 Å². The quantitative estimate of drug-likeness (QED) is 0.762. The van der Waals surface area contributed by atoms with E-state index in [0.29, 0.717) is 11.1 Å². The summed E-state index contributed by atoms with van der Waals surface area (Å²) in [5, 5.41) is 0. The van der Waals surface area contributed by atoms with Crippen LogP contribution in [0.25, 0.3) is 0 Å². The first-order chi connectivity index (χ1) is 8.51. The summed E-state index contributed by atoms with van der Waals surface area (Å²) in [6, 6.07) is 0. The second kappa shape index (κ2) is 6.28. The number of hydrogen-bond acceptors (Lipinski definition) is 4. The Bertz CT molecular complexity index is 436. The second-order valence-corrected chi connectivity index (χ2v) is 3.61. The first-order valence-electron chi connectivity index (χ1n) is 5.47. The molecule has 0 radical (unpaired) electrons. The molecule has 1 rings (SSSR count). The molecule has 0 spiro atoms. The highest BCUT2D eigenvalue weighted by atomic mass is 19.3. The van der Waals surface area contributed by atoms with Crippen molar-refractivity contribution in [1.29, 1.82) is 0 Å². The third-order valence-electron chi connectivity index (χ3n) is 2.47. The number of aromatic nitrogens is 1. The van der Waals surface area contributed by atoms with E-state index in [0.717, 1.165) is 0 Å². The van der Waals surface area contributed by atoms with Crippen molar-refractivity contribution in [3.05, 3.63) is 23.0 Å². The van der Waals surface area contributed by atoms with E-state index in [1.165, 1.54) is 13.3 Å². The molecule has 0 N–H and O–H groups in total. The number of carbonyl (C=O) groups excluding carboxylic acids is 1. The van der Waals surface area contributed by atoms with Crippen LogP contribution in [0.1, 0.15) is 30.2 Å². The molecule has 0 aliphatic carbocycles. The van der Waals surface area contributed by atoms with Gasteiger partial charge < -0.3 is 9.47 Å². The highest BCUT2D eigenvalue weighted by Crippen LogP contribution is 2.31. The molecule has 0 aromatic carbocycles. The van der Waals surface area contributed by atoms with Crippen LogP contribution in [0.2, 0.25) is 0 Å².